The largest absolute Gasteiger partial charge is 0.493 e. The molecule has 0 amide bonds. The second-order valence-electron chi connectivity index (χ2n) is 5.00. The summed E-state index contributed by atoms with van der Waals surface area (Å²) >= 11 is 3.45. The number of rotatable bonds is 3. The molecule has 0 fully saturated rings. The molecule has 0 aliphatic heterocycles. The average molecular weight is 303 g/mol. The SMILES string of the molecule is COc1cc(Br)c(C(O)C(C)(C)C)cc1OC. The average Bonchev–Trinajstić information content (AvgIpc) is 2.26. The minimum Gasteiger partial charge on any atom is -0.493 e. The summed E-state index contributed by atoms with van der Waals surface area (Å²) < 4.78 is 11.3. The maximum Gasteiger partial charge on any atom is 0.161 e. The number of methoxy groups -OCH3 is 2. The first-order chi connectivity index (χ1) is 7.81. The van der Waals surface area contributed by atoms with Crippen molar-refractivity contribution in [3.63, 3.8) is 0 Å². The highest BCUT2D eigenvalue weighted by molar-refractivity contribution is 9.10. The fourth-order valence-electron chi connectivity index (χ4n) is 1.55. The third-order valence-electron chi connectivity index (χ3n) is 2.62. The molecule has 1 aromatic rings. The van der Waals surface area contributed by atoms with Crippen LogP contribution in [0.3, 0.4) is 0 Å². The lowest BCUT2D eigenvalue weighted by Crippen LogP contribution is -2.18. The van der Waals surface area contributed by atoms with Crippen molar-refractivity contribution in [3.05, 3.63) is 22.2 Å². The van der Waals surface area contributed by atoms with Crippen molar-refractivity contribution in [1.29, 1.82) is 0 Å². The van der Waals surface area contributed by atoms with Crippen LogP contribution in [0, 0.1) is 5.41 Å². The Morgan fingerprint density at radius 2 is 1.59 bits per heavy atom. The number of benzene rings is 1. The van der Waals surface area contributed by atoms with Crippen LogP contribution in [0.2, 0.25) is 0 Å². The van der Waals surface area contributed by atoms with Crippen LogP contribution in [-0.2, 0) is 0 Å². The zero-order valence-electron chi connectivity index (χ0n) is 10.9. The lowest BCUT2D eigenvalue weighted by Gasteiger charge is -2.27. The lowest BCUT2D eigenvalue weighted by atomic mass is 9.85. The van der Waals surface area contributed by atoms with Gasteiger partial charge in [-0.15, -0.1) is 0 Å². The van der Waals surface area contributed by atoms with Crippen LogP contribution < -0.4 is 9.47 Å². The molecular weight excluding hydrogens is 284 g/mol. The molecule has 1 N–H and O–H groups in total. The van der Waals surface area contributed by atoms with Gasteiger partial charge in [-0.3, -0.25) is 0 Å². The van der Waals surface area contributed by atoms with E-state index < -0.39 is 6.10 Å². The van der Waals surface area contributed by atoms with E-state index in [1.807, 2.05) is 26.8 Å². The molecule has 0 aliphatic carbocycles. The van der Waals surface area contributed by atoms with Gasteiger partial charge in [-0.25, -0.2) is 0 Å². The van der Waals surface area contributed by atoms with E-state index in [-0.39, 0.29) is 5.41 Å². The topological polar surface area (TPSA) is 38.7 Å². The van der Waals surface area contributed by atoms with Crippen molar-refractivity contribution in [2.45, 2.75) is 26.9 Å². The van der Waals surface area contributed by atoms with Crippen molar-refractivity contribution in [3.8, 4) is 11.5 Å². The summed E-state index contributed by atoms with van der Waals surface area (Å²) in [6.07, 6.45) is -0.573. The fraction of sp³-hybridized carbons (Fsp3) is 0.538. The van der Waals surface area contributed by atoms with Crippen molar-refractivity contribution >= 4 is 15.9 Å². The third kappa shape index (κ3) is 3.13. The van der Waals surface area contributed by atoms with Crippen LogP contribution >= 0.6 is 15.9 Å². The van der Waals surface area contributed by atoms with Crippen LogP contribution in [0.4, 0.5) is 0 Å². The molecule has 0 saturated heterocycles. The van der Waals surface area contributed by atoms with Crippen molar-refractivity contribution in [1.82, 2.24) is 0 Å². The van der Waals surface area contributed by atoms with Crippen LogP contribution in [-0.4, -0.2) is 19.3 Å². The molecule has 0 saturated carbocycles. The Hall–Kier alpha value is -0.740. The molecular formula is C13H19BrO3. The van der Waals surface area contributed by atoms with E-state index in [9.17, 15) is 5.11 Å². The number of ether oxygens (including phenoxy) is 2. The Balaban J connectivity index is 3.26. The quantitative estimate of drug-likeness (QED) is 0.928. The Morgan fingerprint density at radius 3 is 2.00 bits per heavy atom. The monoisotopic (exact) mass is 302 g/mol. The summed E-state index contributed by atoms with van der Waals surface area (Å²) in [5, 5.41) is 10.3. The molecule has 1 rings (SSSR count). The lowest BCUT2D eigenvalue weighted by molar-refractivity contribution is 0.0618. The van der Waals surface area contributed by atoms with Crippen LogP contribution in [0.5, 0.6) is 11.5 Å². The molecule has 1 atom stereocenters. The minimum absolute atomic E-state index is 0.234. The smallest absolute Gasteiger partial charge is 0.161 e. The summed E-state index contributed by atoms with van der Waals surface area (Å²) in [7, 11) is 3.17. The van der Waals surface area contributed by atoms with Gasteiger partial charge in [-0.1, -0.05) is 36.7 Å². The highest BCUT2D eigenvalue weighted by Gasteiger charge is 2.26. The van der Waals surface area contributed by atoms with Gasteiger partial charge in [-0.05, 0) is 23.1 Å². The Morgan fingerprint density at radius 1 is 1.12 bits per heavy atom. The second-order valence-corrected chi connectivity index (χ2v) is 5.85. The molecule has 4 heteroatoms. The first kappa shape index (κ1) is 14.3. The molecule has 1 unspecified atom stereocenters. The third-order valence-corrected chi connectivity index (χ3v) is 3.30. The number of aliphatic hydroxyl groups excluding tert-OH is 1. The van der Waals surface area contributed by atoms with Gasteiger partial charge in [-0.2, -0.15) is 0 Å². The molecule has 0 radical (unpaired) electrons. The predicted molar refractivity (Wildman–Crippen MR) is 71.7 cm³/mol. The number of aliphatic hydroxyl groups is 1. The summed E-state index contributed by atoms with van der Waals surface area (Å²) in [4.78, 5) is 0. The predicted octanol–water partition coefficient (Wildman–Crippen LogP) is 3.55. The van der Waals surface area contributed by atoms with E-state index in [1.54, 1.807) is 20.3 Å². The normalized spacial score (nSPS) is 13.4. The minimum atomic E-state index is -0.573. The zero-order chi connectivity index (χ0) is 13.2. The molecule has 0 spiro atoms. The van der Waals surface area contributed by atoms with Gasteiger partial charge < -0.3 is 14.6 Å². The number of halogens is 1. The number of hydrogen-bond acceptors (Lipinski definition) is 3. The molecule has 0 heterocycles. The van der Waals surface area contributed by atoms with Crippen LogP contribution in [0.15, 0.2) is 16.6 Å². The first-order valence-electron chi connectivity index (χ1n) is 5.40. The van der Waals surface area contributed by atoms with E-state index in [4.69, 9.17) is 9.47 Å². The summed E-state index contributed by atoms with van der Waals surface area (Å²) in [6, 6.07) is 3.61. The molecule has 0 bridgehead atoms. The summed E-state index contributed by atoms with van der Waals surface area (Å²) in [5.74, 6) is 1.26. The maximum atomic E-state index is 10.3. The van der Waals surface area contributed by atoms with Gasteiger partial charge >= 0.3 is 0 Å². The second kappa shape index (κ2) is 5.27. The van der Waals surface area contributed by atoms with Crippen molar-refractivity contribution in [2.75, 3.05) is 14.2 Å². The zero-order valence-corrected chi connectivity index (χ0v) is 12.5. The van der Waals surface area contributed by atoms with E-state index in [1.165, 1.54) is 0 Å². The van der Waals surface area contributed by atoms with Gasteiger partial charge in [0.15, 0.2) is 11.5 Å². The van der Waals surface area contributed by atoms with Gasteiger partial charge in [0.2, 0.25) is 0 Å². The van der Waals surface area contributed by atoms with E-state index in [0.717, 1.165) is 10.0 Å². The fourth-order valence-corrected chi connectivity index (χ4v) is 2.09. The van der Waals surface area contributed by atoms with E-state index >= 15 is 0 Å². The Kier molecular flexibility index (Phi) is 4.44. The van der Waals surface area contributed by atoms with Gasteiger partial charge in [0, 0.05) is 4.47 Å². The summed E-state index contributed by atoms with van der Waals surface area (Å²) in [6.45, 7) is 5.96. The van der Waals surface area contributed by atoms with Crippen LogP contribution in [0.1, 0.15) is 32.4 Å². The highest BCUT2D eigenvalue weighted by atomic mass is 79.9. The van der Waals surface area contributed by atoms with Gasteiger partial charge in [0.05, 0.1) is 20.3 Å². The molecule has 3 nitrogen and oxygen atoms in total. The molecule has 17 heavy (non-hydrogen) atoms. The molecule has 0 aromatic heterocycles. The highest BCUT2D eigenvalue weighted by Crippen LogP contribution is 2.41. The van der Waals surface area contributed by atoms with Crippen molar-refractivity contribution < 1.29 is 14.6 Å². The van der Waals surface area contributed by atoms with Gasteiger partial charge in [0.1, 0.15) is 0 Å². The number of hydrogen-bond donors (Lipinski definition) is 1. The first-order valence-corrected chi connectivity index (χ1v) is 6.20. The molecule has 1 aromatic carbocycles. The van der Waals surface area contributed by atoms with Crippen molar-refractivity contribution in [2.24, 2.45) is 5.41 Å². The Labute approximate surface area is 111 Å². The van der Waals surface area contributed by atoms with Gasteiger partial charge in [0.25, 0.3) is 0 Å². The van der Waals surface area contributed by atoms with Crippen LogP contribution in [0.25, 0.3) is 0 Å². The standard InChI is InChI=1S/C13H19BrO3/c1-13(2,3)12(15)8-6-10(16-4)11(17-5)7-9(8)14/h6-7,12,15H,1-5H3. The Bertz CT molecular complexity index is 396. The maximum absolute atomic E-state index is 10.3. The molecule has 96 valence electrons. The molecule has 0 aliphatic rings. The van der Waals surface area contributed by atoms with E-state index in [0.29, 0.717) is 11.5 Å². The summed E-state index contributed by atoms with van der Waals surface area (Å²) in [5.41, 5.74) is 0.567. The van der Waals surface area contributed by atoms with E-state index in [2.05, 4.69) is 15.9 Å².